The molecule has 122 valence electrons. The maximum absolute atomic E-state index is 13.2. The van der Waals surface area contributed by atoms with Crippen molar-refractivity contribution in [3.8, 4) is 0 Å². The average Bonchev–Trinajstić information content (AvgIpc) is 2.76. The maximum Gasteiger partial charge on any atom is 0.411 e. The number of carbonyl (C=O) groups excluding carboxylic acids is 2. The number of imidazole rings is 1. The van der Waals surface area contributed by atoms with Crippen LogP contribution in [0.5, 0.6) is 0 Å². The van der Waals surface area contributed by atoms with Gasteiger partial charge < -0.3 is 9.30 Å². The minimum absolute atomic E-state index is 0.0296. The molecule has 0 radical (unpaired) electrons. The molecule has 0 saturated carbocycles. The fraction of sp³-hybridized carbons (Fsp3) is 0.615. The summed E-state index contributed by atoms with van der Waals surface area (Å²) in [4.78, 5) is 27.2. The molecular weight excluding hydrogens is 303 g/mol. The van der Waals surface area contributed by atoms with E-state index in [9.17, 15) is 22.8 Å². The summed E-state index contributed by atoms with van der Waals surface area (Å²) in [5.74, 6) is 0.216. The van der Waals surface area contributed by atoms with Gasteiger partial charge in [-0.1, -0.05) is 0 Å². The van der Waals surface area contributed by atoms with Gasteiger partial charge in [-0.05, 0) is 20.8 Å². The van der Waals surface area contributed by atoms with E-state index in [4.69, 9.17) is 4.74 Å². The minimum atomic E-state index is -4.61. The SMILES string of the molecule is CC(C)(C)OC(=O)N1Cc2nc(C=O)cn2CC1C(F)(F)F. The maximum atomic E-state index is 13.2. The third kappa shape index (κ3) is 3.40. The van der Waals surface area contributed by atoms with Gasteiger partial charge in [-0.25, -0.2) is 9.78 Å². The van der Waals surface area contributed by atoms with Gasteiger partial charge in [0.1, 0.15) is 23.2 Å². The Morgan fingerprint density at radius 2 is 2.05 bits per heavy atom. The van der Waals surface area contributed by atoms with E-state index in [2.05, 4.69) is 4.98 Å². The number of hydrogen-bond acceptors (Lipinski definition) is 4. The molecule has 22 heavy (non-hydrogen) atoms. The molecule has 1 aliphatic rings. The van der Waals surface area contributed by atoms with Crippen LogP contribution in [0.15, 0.2) is 6.20 Å². The Morgan fingerprint density at radius 3 is 2.55 bits per heavy atom. The number of fused-ring (bicyclic) bond motifs is 1. The molecule has 2 rings (SSSR count). The van der Waals surface area contributed by atoms with Gasteiger partial charge in [-0.2, -0.15) is 13.2 Å². The van der Waals surface area contributed by atoms with Gasteiger partial charge in [-0.3, -0.25) is 9.69 Å². The normalized spacial score (nSPS) is 18.8. The van der Waals surface area contributed by atoms with E-state index in [1.165, 1.54) is 10.8 Å². The van der Waals surface area contributed by atoms with Crippen molar-refractivity contribution in [3.63, 3.8) is 0 Å². The Hall–Kier alpha value is -2.06. The van der Waals surface area contributed by atoms with Crippen LogP contribution in [0.3, 0.4) is 0 Å². The Kier molecular flexibility index (Phi) is 3.92. The molecule has 1 atom stereocenters. The molecule has 2 heterocycles. The van der Waals surface area contributed by atoms with Crippen molar-refractivity contribution >= 4 is 12.4 Å². The quantitative estimate of drug-likeness (QED) is 0.746. The number of nitrogens with zero attached hydrogens (tertiary/aromatic N) is 3. The van der Waals surface area contributed by atoms with Gasteiger partial charge in [0.2, 0.25) is 0 Å². The highest BCUT2D eigenvalue weighted by Gasteiger charge is 2.49. The van der Waals surface area contributed by atoms with Crippen LogP contribution in [0.25, 0.3) is 0 Å². The third-order valence-corrected chi connectivity index (χ3v) is 3.06. The van der Waals surface area contributed by atoms with Crippen molar-refractivity contribution < 1.29 is 27.5 Å². The first-order valence-corrected chi connectivity index (χ1v) is 6.59. The van der Waals surface area contributed by atoms with Gasteiger partial charge >= 0.3 is 12.3 Å². The second-order valence-electron chi connectivity index (χ2n) is 6.02. The van der Waals surface area contributed by atoms with Crippen molar-refractivity contribution in [2.75, 3.05) is 0 Å². The molecule has 1 aliphatic heterocycles. The molecule has 9 heteroatoms. The fourth-order valence-corrected chi connectivity index (χ4v) is 2.16. The molecule has 0 N–H and O–H groups in total. The summed E-state index contributed by atoms with van der Waals surface area (Å²) in [6.45, 7) is 3.83. The van der Waals surface area contributed by atoms with Crippen LogP contribution in [-0.2, 0) is 17.8 Å². The highest BCUT2D eigenvalue weighted by Crippen LogP contribution is 2.31. The largest absolute Gasteiger partial charge is 0.444 e. The number of aldehydes is 1. The first-order chi connectivity index (χ1) is 10.0. The highest BCUT2D eigenvalue weighted by molar-refractivity contribution is 5.72. The lowest BCUT2D eigenvalue weighted by molar-refractivity contribution is -0.189. The monoisotopic (exact) mass is 319 g/mol. The van der Waals surface area contributed by atoms with Crippen LogP contribution >= 0.6 is 0 Å². The first kappa shape index (κ1) is 16.3. The molecular formula is C13H16F3N3O3. The summed E-state index contributed by atoms with van der Waals surface area (Å²) in [6, 6.07) is -2.02. The lowest BCUT2D eigenvalue weighted by Gasteiger charge is -2.37. The van der Waals surface area contributed by atoms with E-state index < -0.39 is 30.5 Å². The van der Waals surface area contributed by atoms with Gasteiger partial charge in [0.15, 0.2) is 6.29 Å². The van der Waals surface area contributed by atoms with Gasteiger partial charge in [0, 0.05) is 6.20 Å². The lowest BCUT2D eigenvalue weighted by atomic mass is 10.2. The van der Waals surface area contributed by atoms with Crippen molar-refractivity contribution in [2.24, 2.45) is 0 Å². The van der Waals surface area contributed by atoms with E-state index in [-0.39, 0.29) is 18.1 Å². The van der Waals surface area contributed by atoms with E-state index >= 15 is 0 Å². The van der Waals surface area contributed by atoms with Crippen LogP contribution < -0.4 is 0 Å². The lowest BCUT2D eigenvalue weighted by Crippen LogP contribution is -2.54. The summed E-state index contributed by atoms with van der Waals surface area (Å²) >= 11 is 0. The summed E-state index contributed by atoms with van der Waals surface area (Å²) < 4.78 is 45.9. The summed E-state index contributed by atoms with van der Waals surface area (Å²) in [5, 5.41) is 0. The molecule has 6 nitrogen and oxygen atoms in total. The number of halogens is 3. The van der Waals surface area contributed by atoms with E-state index in [1.54, 1.807) is 20.8 Å². The zero-order chi connectivity index (χ0) is 16.7. The Balaban J connectivity index is 2.33. The molecule has 0 bridgehead atoms. The zero-order valence-electron chi connectivity index (χ0n) is 12.3. The van der Waals surface area contributed by atoms with Gasteiger partial charge in [-0.15, -0.1) is 0 Å². The van der Waals surface area contributed by atoms with Crippen LogP contribution in [0.2, 0.25) is 0 Å². The van der Waals surface area contributed by atoms with Crippen LogP contribution in [0, 0.1) is 0 Å². The van der Waals surface area contributed by atoms with Crippen molar-refractivity contribution in [1.29, 1.82) is 0 Å². The number of amides is 1. The molecule has 1 aromatic heterocycles. The molecule has 1 amide bonds. The molecule has 0 fully saturated rings. The number of ether oxygens (including phenoxy) is 1. The summed E-state index contributed by atoms with van der Waals surface area (Å²) in [7, 11) is 0. The summed E-state index contributed by atoms with van der Waals surface area (Å²) in [6.07, 6.45) is -3.98. The first-order valence-electron chi connectivity index (χ1n) is 6.59. The van der Waals surface area contributed by atoms with Crippen LogP contribution in [0.1, 0.15) is 37.1 Å². The van der Waals surface area contributed by atoms with Crippen molar-refractivity contribution in [3.05, 3.63) is 17.7 Å². The van der Waals surface area contributed by atoms with Crippen molar-refractivity contribution in [2.45, 2.75) is 51.7 Å². The Bertz CT molecular complexity index is 590. The van der Waals surface area contributed by atoms with Crippen LogP contribution in [-0.4, -0.2) is 44.6 Å². The smallest absolute Gasteiger partial charge is 0.411 e. The standard InChI is InChI=1S/C13H16F3N3O3/c1-12(2,3)22-11(21)19-6-10-17-8(7-20)4-18(10)5-9(19)13(14,15)16/h4,7,9H,5-6H2,1-3H3. The number of rotatable bonds is 1. The number of hydrogen-bond donors (Lipinski definition) is 0. The van der Waals surface area contributed by atoms with E-state index in [0.29, 0.717) is 11.2 Å². The van der Waals surface area contributed by atoms with Gasteiger partial charge in [0.25, 0.3) is 0 Å². The number of aromatic nitrogens is 2. The Labute approximate surface area is 124 Å². The predicted octanol–water partition coefficient (Wildman–Crippen LogP) is 2.38. The number of carbonyl (C=O) groups is 2. The van der Waals surface area contributed by atoms with E-state index in [1.807, 2.05) is 0 Å². The molecule has 1 aromatic rings. The molecule has 0 saturated heterocycles. The second kappa shape index (κ2) is 5.29. The topological polar surface area (TPSA) is 64.4 Å². The van der Waals surface area contributed by atoms with Crippen LogP contribution in [0.4, 0.5) is 18.0 Å². The molecule has 1 unspecified atom stereocenters. The second-order valence-corrected chi connectivity index (χ2v) is 6.02. The minimum Gasteiger partial charge on any atom is -0.444 e. The molecule has 0 spiro atoms. The average molecular weight is 319 g/mol. The van der Waals surface area contributed by atoms with Crippen molar-refractivity contribution in [1.82, 2.24) is 14.5 Å². The molecule has 0 aliphatic carbocycles. The molecule has 0 aromatic carbocycles. The fourth-order valence-electron chi connectivity index (χ4n) is 2.16. The third-order valence-electron chi connectivity index (χ3n) is 3.06. The zero-order valence-corrected chi connectivity index (χ0v) is 12.3. The van der Waals surface area contributed by atoms with Gasteiger partial charge in [0.05, 0.1) is 13.1 Å². The summed E-state index contributed by atoms with van der Waals surface area (Å²) in [5.41, 5.74) is -0.879. The Morgan fingerprint density at radius 1 is 1.41 bits per heavy atom. The number of alkyl halides is 3. The van der Waals surface area contributed by atoms with E-state index in [0.717, 1.165) is 0 Å². The highest BCUT2D eigenvalue weighted by atomic mass is 19.4. The predicted molar refractivity (Wildman–Crippen MR) is 69.2 cm³/mol.